The highest BCUT2D eigenvalue weighted by Crippen LogP contribution is 2.09. The molecule has 1 aromatic heterocycles. The molecule has 17 heavy (non-hydrogen) atoms. The molecule has 1 N–H and O–H groups in total. The molecule has 0 bridgehead atoms. The van der Waals surface area contributed by atoms with Crippen molar-refractivity contribution < 1.29 is 0 Å². The van der Waals surface area contributed by atoms with Crippen molar-refractivity contribution in [2.45, 2.75) is 18.5 Å². The number of aromatic nitrogens is 2. The maximum absolute atomic E-state index is 11.8. The summed E-state index contributed by atoms with van der Waals surface area (Å²) in [5.41, 5.74) is 3.00. The third-order valence-electron chi connectivity index (χ3n) is 2.56. The van der Waals surface area contributed by atoms with Crippen molar-refractivity contribution in [2.75, 3.05) is 6.26 Å². The number of hydrogen-bond donors (Lipinski definition) is 1. The van der Waals surface area contributed by atoms with E-state index in [4.69, 9.17) is 0 Å². The Morgan fingerprint density at radius 2 is 2.00 bits per heavy atom. The summed E-state index contributed by atoms with van der Waals surface area (Å²) in [7, 11) is 0. The number of thioether (sulfide) groups is 1. The Hall–Kier alpha value is -1.55. The third kappa shape index (κ3) is 2.97. The molecule has 0 unspecified atom stereocenters. The first-order valence-corrected chi connectivity index (χ1v) is 6.59. The summed E-state index contributed by atoms with van der Waals surface area (Å²) in [4.78, 5) is 18.7. The van der Waals surface area contributed by atoms with Crippen molar-refractivity contribution in [3.8, 4) is 0 Å². The summed E-state index contributed by atoms with van der Waals surface area (Å²) < 4.78 is 0. The smallest absolute Gasteiger partial charge is 0.255 e. The summed E-state index contributed by atoms with van der Waals surface area (Å²) in [6, 6.07) is 8.18. The molecule has 0 radical (unpaired) electrons. The number of aryl methyl sites for hydroxylation is 1. The van der Waals surface area contributed by atoms with Gasteiger partial charge in [-0.2, -0.15) is 0 Å². The van der Waals surface area contributed by atoms with Crippen molar-refractivity contribution in [3.05, 3.63) is 57.5 Å². The van der Waals surface area contributed by atoms with E-state index in [1.165, 1.54) is 17.3 Å². The molecule has 0 atom stereocenters. The molecule has 0 saturated heterocycles. The van der Waals surface area contributed by atoms with E-state index in [0.29, 0.717) is 17.1 Å². The van der Waals surface area contributed by atoms with Gasteiger partial charge >= 0.3 is 0 Å². The number of nitrogens with zero attached hydrogens (tertiary/aromatic N) is 1. The fraction of sp³-hybridized carbons (Fsp3) is 0.231. The van der Waals surface area contributed by atoms with E-state index in [-0.39, 0.29) is 5.56 Å². The number of nitrogens with one attached hydrogen (secondary N) is 1. The van der Waals surface area contributed by atoms with Gasteiger partial charge in [0, 0.05) is 18.2 Å². The van der Waals surface area contributed by atoms with E-state index in [2.05, 4.69) is 9.97 Å². The number of H-pyrrole nitrogens is 1. The predicted octanol–water partition coefficient (Wildman–Crippen LogP) is 2.39. The van der Waals surface area contributed by atoms with Crippen LogP contribution in [0.4, 0.5) is 0 Å². The number of benzene rings is 1. The van der Waals surface area contributed by atoms with Crippen LogP contribution in [0, 0.1) is 6.92 Å². The number of rotatable bonds is 3. The van der Waals surface area contributed by atoms with E-state index < -0.39 is 0 Å². The van der Waals surface area contributed by atoms with Crippen LogP contribution < -0.4 is 5.56 Å². The Bertz CT molecular complexity index is 560. The first-order valence-electron chi connectivity index (χ1n) is 5.37. The van der Waals surface area contributed by atoms with Gasteiger partial charge < -0.3 is 4.98 Å². The van der Waals surface area contributed by atoms with Crippen LogP contribution in [-0.4, -0.2) is 16.2 Å². The molecule has 0 aliphatic heterocycles. The Morgan fingerprint density at radius 1 is 1.29 bits per heavy atom. The molecular formula is C13H14N2OS. The van der Waals surface area contributed by atoms with Crippen LogP contribution in [0.5, 0.6) is 0 Å². The van der Waals surface area contributed by atoms with Crippen LogP contribution in [0.1, 0.15) is 16.7 Å². The normalized spacial score (nSPS) is 10.5. The molecule has 0 fully saturated rings. The highest BCUT2D eigenvalue weighted by Gasteiger charge is 2.03. The predicted molar refractivity (Wildman–Crippen MR) is 70.6 cm³/mol. The fourth-order valence-electron chi connectivity index (χ4n) is 1.56. The molecule has 0 saturated carbocycles. The molecule has 4 heteroatoms. The van der Waals surface area contributed by atoms with E-state index in [9.17, 15) is 4.79 Å². The maximum Gasteiger partial charge on any atom is 0.255 e. The number of hydrogen-bond acceptors (Lipinski definition) is 3. The lowest BCUT2D eigenvalue weighted by molar-refractivity contribution is 0.902. The lowest BCUT2D eigenvalue weighted by Gasteiger charge is -2.02. The zero-order valence-corrected chi connectivity index (χ0v) is 10.7. The molecule has 3 nitrogen and oxygen atoms in total. The highest BCUT2D eigenvalue weighted by molar-refractivity contribution is 7.98. The summed E-state index contributed by atoms with van der Waals surface area (Å²) in [5, 5.41) is 0.655. The third-order valence-corrected chi connectivity index (χ3v) is 3.15. The molecule has 1 aromatic carbocycles. The second-order valence-corrected chi connectivity index (χ2v) is 4.70. The molecule has 0 aliphatic rings. The molecule has 0 aliphatic carbocycles. The topological polar surface area (TPSA) is 45.8 Å². The lowest BCUT2D eigenvalue weighted by atomic mass is 10.1. The SMILES string of the molecule is CSc1ncc(Cc2ccc(C)cc2)c(=O)[nH]1. The Kier molecular flexibility index (Phi) is 3.64. The zero-order valence-electron chi connectivity index (χ0n) is 9.86. The van der Waals surface area contributed by atoms with Crippen LogP contribution in [-0.2, 0) is 6.42 Å². The van der Waals surface area contributed by atoms with E-state index in [1.54, 1.807) is 6.20 Å². The summed E-state index contributed by atoms with van der Waals surface area (Å²) >= 11 is 1.43. The van der Waals surface area contributed by atoms with Crippen molar-refractivity contribution in [1.29, 1.82) is 0 Å². The summed E-state index contributed by atoms with van der Waals surface area (Å²) in [5.74, 6) is 0. The largest absolute Gasteiger partial charge is 0.301 e. The van der Waals surface area contributed by atoms with E-state index >= 15 is 0 Å². The summed E-state index contributed by atoms with van der Waals surface area (Å²) in [6.45, 7) is 2.05. The molecular weight excluding hydrogens is 232 g/mol. The van der Waals surface area contributed by atoms with Gasteiger partial charge in [0.15, 0.2) is 5.16 Å². The molecule has 2 rings (SSSR count). The van der Waals surface area contributed by atoms with Crippen molar-refractivity contribution in [1.82, 2.24) is 9.97 Å². The Morgan fingerprint density at radius 3 is 2.59 bits per heavy atom. The average Bonchev–Trinajstić information content (AvgIpc) is 2.34. The van der Waals surface area contributed by atoms with Gasteiger partial charge in [0.1, 0.15) is 0 Å². The van der Waals surface area contributed by atoms with Gasteiger partial charge in [-0.1, -0.05) is 41.6 Å². The minimum absolute atomic E-state index is 0.0510. The van der Waals surface area contributed by atoms with Crippen molar-refractivity contribution >= 4 is 11.8 Å². The second kappa shape index (κ2) is 5.19. The van der Waals surface area contributed by atoms with Crippen molar-refractivity contribution in [3.63, 3.8) is 0 Å². The van der Waals surface area contributed by atoms with Gasteiger partial charge in [0.25, 0.3) is 5.56 Å². The number of aromatic amines is 1. The Labute approximate surface area is 104 Å². The minimum atomic E-state index is -0.0510. The van der Waals surface area contributed by atoms with E-state index in [0.717, 1.165) is 5.56 Å². The molecule has 2 aromatic rings. The van der Waals surface area contributed by atoms with Crippen LogP contribution >= 0.6 is 11.8 Å². The van der Waals surface area contributed by atoms with Crippen LogP contribution in [0.25, 0.3) is 0 Å². The monoisotopic (exact) mass is 246 g/mol. The van der Waals surface area contributed by atoms with E-state index in [1.807, 2.05) is 37.4 Å². The minimum Gasteiger partial charge on any atom is -0.301 e. The second-order valence-electron chi connectivity index (χ2n) is 3.91. The quantitative estimate of drug-likeness (QED) is 0.668. The maximum atomic E-state index is 11.8. The van der Waals surface area contributed by atoms with Crippen molar-refractivity contribution in [2.24, 2.45) is 0 Å². The van der Waals surface area contributed by atoms with Crippen LogP contribution in [0.3, 0.4) is 0 Å². The first kappa shape index (κ1) is 11.9. The van der Waals surface area contributed by atoms with Crippen LogP contribution in [0.15, 0.2) is 40.4 Å². The van der Waals surface area contributed by atoms with Gasteiger partial charge in [0.2, 0.25) is 0 Å². The Balaban J connectivity index is 2.24. The van der Waals surface area contributed by atoms with Crippen LogP contribution in [0.2, 0.25) is 0 Å². The van der Waals surface area contributed by atoms with Gasteiger partial charge in [-0.15, -0.1) is 0 Å². The standard InChI is InChI=1S/C13H14N2OS/c1-9-3-5-10(6-4-9)7-11-8-14-13(17-2)15-12(11)16/h3-6,8H,7H2,1-2H3,(H,14,15,16). The molecule has 88 valence electrons. The zero-order chi connectivity index (χ0) is 12.3. The lowest BCUT2D eigenvalue weighted by Crippen LogP contribution is -2.14. The fourth-order valence-corrected chi connectivity index (χ4v) is 1.91. The molecule has 0 spiro atoms. The molecule has 0 amide bonds. The van der Waals surface area contributed by atoms with Gasteiger partial charge in [-0.3, -0.25) is 4.79 Å². The summed E-state index contributed by atoms with van der Waals surface area (Å²) in [6.07, 6.45) is 4.17. The first-order chi connectivity index (χ1) is 8.19. The average molecular weight is 246 g/mol. The highest BCUT2D eigenvalue weighted by atomic mass is 32.2. The van der Waals surface area contributed by atoms with Gasteiger partial charge in [0.05, 0.1) is 0 Å². The molecule has 1 heterocycles. The van der Waals surface area contributed by atoms with Gasteiger partial charge in [-0.05, 0) is 18.7 Å². The van der Waals surface area contributed by atoms with Gasteiger partial charge in [-0.25, -0.2) is 4.98 Å².